The molecule has 5 heteroatoms. The number of rotatable bonds is 11. The first-order chi connectivity index (χ1) is 12.4. The molecule has 1 N–H and O–H groups in total. The van der Waals surface area contributed by atoms with Crippen molar-refractivity contribution >= 4 is 12.0 Å². The van der Waals surface area contributed by atoms with E-state index >= 15 is 0 Å². The van der Waals surface area contributed by atoms with Crippen LogP contribution in [-0.2, 0) is 14.3 Å². The predicted octanol–water partition coefficient (Wildman–Crippen LogP) is 4.59. The largest absolute Gasteiger partial charge is 0.478 e. The highest BCUT2D eigenvalue weighted by molar-refractivity contribution is 5.80. The van der Waals surface area contributed by atoms with Crippen LogP contribution >= 0.6 is 0 Å². The quantitative estimate of drug-likeness (QED) is 0.270. The van der Waals surface area contributed by atoms with Crippen molar-refractivity contribution in [1.29, 1.82) is 0 Å². The first-order valence-corrected chi connectivity index (χ1v) is 8.81. The van der Waals surface area contributed by atoms with E-state index in [1.807, 2.05) is 6.08 Å². The minimum atomic E-state index is -0.961. The van der Waals surface area contributed by atoms with E-state index in [1.165, 1.54) is 6.08 Å². The molecule has 0 saturated heterocycles. The molecule has 0 spiro atoms. The molecular weight excluding hydrogens is 332 g/mol. The molecule has 0 bridgehead atoms. The van der Waals surface area contributed by atoms with Crippen molar-refractivity contribution < 1.29 is 24.1 Å². The summed E-state index contributed by atoms with van der Waals surface area (Å²) in [6.07, 6.45) is 6.25. The van der Waals surface area contributed by atoms with Gasteiger partial charge in [0.05, 0.1) is 13.2 Å². The van der Waals surface area contributed by atoms with Crippen LogP contribution in [0.1, 0.15) is 56.2 Å². The maximum Gasteiger partial charge on any atom is 0.328 e. The Bertz CT molecular complexity index is 600. The zero-order chi connectivity index (χ0) is 19.5. The van der Waals surface area contributed by atoms with E-state index in [0.717, 1.165) is 28.5 Å². The summed E-state index contributed by atoms with van der Waals surface area (Å²) in [7, 11) is 1.63. The second-order valence-electron chi connectivity index (χ2n) is 6.56. The summed E-state index contributed by atoms with van der Waals surface area (Å²) >= 11 is 0. The lowest BCUT2D eigenvalue weighted by Gasteiger charge is -2.21. The molecule has 1 aromatic carbocycles. The molecule has 5 nitrogen and oxygen atoms in total. The van der Waals surface area contributed by atoms with Crippen molar-refractivity contribution in [3.05, 3.63) is 47.1 Å². The molecule has 0 aliphatic rings. The molecule has 0 amide bonds. The molecule has 0 saturated carbocycles. The summed E-state index contributed by atoms with van der Waals surface area (Å²) in [4.78, 5) is 10.6. The molecule has 0 heterocycles. The van der Waals surface area contributed by atoms with Crippen molar-refractivity contribution in [3.8, 4) is 5.75 Å². The van der Waals surface area contributed by atoms with Crippen LogP contribution in [0.15, 0.2) is 30.4 Å². The monoisotopic (exact) mass is 362 g/mol. The van der Waals surface area contributed by atoms with Gasteiger partial charge in [-0.2, -0.15) is 0 Å². The van der Waals surface area contributed by atoms with Gasteiger partial charge in [-0.15, -0.1) is 0 Å². The standard InChI is InChI=1S/C21H30O5/c1-15(2)18-12-17(8-6-7-9-20(22)23)13-19(16(3)4)21(18)26-14-25-11-10-24-5/h6-9,12-13,15-16H,10-11,14H2,1-5H3,(H,22,23)/b8-6+,9-7+. The van der Waals surface area contributed by atoms with E-state index in [-0.39, 0.29) is 18.6 Å². The van der Waals surface area contributed by atoms with Gasteiger partial charge in [-0.3, -0.25) is 0 Å². The Hall–Kier alpha value is -2.11. The van der Waals surface area contributed by atoms with E-state index < -0.39 is 5.97 Å². The third-order valence-corrected chi connectivity index (χ3v) is 3.77. The van der Waals surface area contributed by atoms with Crippen LogP contribution in [0.5, 0.6) is 5.75 Å². The first kappa shape index (κ1) is 21.9. The number of aliphatic carboxylic acids is 1. The molecule has 144 valence electrons. The molecule has 26 heavy (non-hydrogen) atoms. The zero-order valence-corrected chi connectivity index (χ0v) is 16.3. The highest BCUT2D eigenvalue weighted by Gasteiger charge is 2.16. The third-order valence-electron chi connectivity index (χ3n) is 3.77. The van der Waals surface area contributed by atoms with Crippen LogP contribution in [0.3, 0.4) is 0 Å². The van der Waals surface area contributed by atoms with Crippen molar-refractivity contribution in [2.24, 2.45) is 0 Å². The van der Waals surface area contributed by atoms with Crippen LogP contribution in [0.4, 0.5) is 0 Å². The fraction of sp³-hybridized carbons (Fsp3) is 0.476. The molecule has 0 atom stereocenters. The van der Waals surface area contributed by atoms with Gasteiger partial charge in [0.1, 0.15) is 5.75 Å². The van der Waals surface area contributed by atoms with Crippen LogP contribution in [0.2, 0.25) is 0 Å². The van der Waals surface area contributed by atoms with Gasteiger partial charge in [-0.1, -0.05) is 45.9 Å². The van der Waals surface area contributed by atoms with E-state index in [9.17, 15) is 4.79 Å². The molecule has 0 unspecified atom stereocenters. The number of methoxy groups -OCH3 is 1. The highest BCUT2D eigenvalue weighted by atomic mass is 16.7. The molecule has 1 aromatic rings. The first-order valence-electron chi connectivity index (χ1n) is 8.81. The summed E-state index contributed by atoms with van der Waals surface area (Å²) in [5.74, 6) is 0.469. The summed E-state index contributed by atoms with van der Waals surface area (Å²) in [5.41, 5.74) is 3.22. The van der Waals surface area contributed by atoms with Gasteiger partial charge < -0.3 is 19.3 Å². The molecule has 0 aliphatic carbocycles. The van der Waals surface area contributed by atoms with Gasteiger partial charge in [0.25, 0.3) is 0 Å². The third kappa shape index (κ3) is 7.42. The average molecular weight is 362 g/mol. The van der Waals surface area contributed by atoms with Gasteiger partial charge >= 0.3 is 5.97 Å². The fourth-order valence-electron chi connectivity index (χ4n) is 2.43. The van der Waals surface area contributed by atoms with Crippen molar-refractivity contribution in [2.45, 2.75) is 39.5 Å². The number of carboxylic acids is 1. The van der Waals surface area contributed by atoms with Gasteiger partial charge in [0, 0.05) is 13.2 Å². The smallest absolute Gasteiger partial charge is 0.328 e. The number of hydrogen-bond donors (Lipinski definition) is 1. The number of hydrogen-bond acceptors (Lipinski definition) is 4. The molecule has 0 fully saturated rings. The zero-order valence-electron chi connectivity index (χ0n) is 16.3. The van der Waals surface area contributed by atoms with E-state index in [1.54, 1.807) is 13.2 Å². The van der Waals surface area contributed by atoms with E-state index in [2.05, 4.69) is 39.8 Å². The number of carboxylic acid groups (broad SMARTS) is 1. The van der Waals surface area contributed by atoms with Crippen LogP contribution < -0.4 is 4.74 Å². The van der Waals surface area contributed by atoms with Crippen molar-refractivity contribution in [3.63, 3.8) is 0 Å². The molecule has 0 aromatic heterocycles. The Morgan fingerprint density at radius 1 is 1.08 bits per heavy atom. The van der Waals surface area contributed by atoms with Crippen LogP contribution in [0, 0.1) is 0 Å². The number of allylic oxidation sites excluding steroid dienone is 2. The Morgan fingerprint density at radius 2 is 1.69 bits per heavy atom. The average Bonchev–Trinajstić information content (AvgIpc) is 2.58. The Balaban J connectivity index is 3.09. The number of benzene rings is 1. The lowest BCUT2D eigenvalue weighted by molar-refractivity contribution is -0.131. The Kier molecular flexibility index (Phi) is 9.70. The van der Waals surface area contributed by atoms with Gasteiger partial charge in [-0.25, -0.2) is 4.79 Å². The summed E-state index contributed by atoms with van der Waals surface area (Å²) in [5, 5.41) is 8.66. The lowest BCUT2D eigenvalue weighted by Crippen LogP contribution is -2.11. The van der Waals surface area contributed by atoms with Crippen molar-refractivity contribution in [2.75, 3.05) is 27.1 Å². The minimum absolute atomic E-state index is 0.180. The normalized spacial score (nSPS) is 12.0. The lowest BCUT2D eigenvalue weighted by atomic mass is 9.91. The Labute approximate surface area is 156 Å². The van der Waals surface area contributed by atoms with E-state index in [0.29, 0.717) is 13.2 Å². The molecule has 0 aliphatic heterocycles. The SMILES string of the molecule is COCCOCOc1c(C(C)C)cc(/C=C/C=C/C(=O)O)cc1C(C)C. The molecule has 1 rings (SSSR count). The van der Waals surface area contributed by atoms with E-state index in [4.69, 9.17) is 19.3 Å². The topological polar surface area (TPSA) is 65.0 Å². The summed E-state index contributed by atoms with van der Waals surface area (Å²) in [6.45, 7) is 9.68. The van der Waals surface area contributed by atoms with Crippen molar-refractivity contribution in [1.82, 2.24) is 0 Å². The fourth-order valence-corrected chi connectivity index (χ4v) is 2.43. The summed E-state index contributed by atoms with van der Waals surface area (Å²) in [6, 6.07) is 4.15. The minimum Gasteiger partial charge on any atom is -0.478 e. The van der Waals surface area contributed by atoms with Gasteiger partial charge in [0.15, 0.2) is 6.79 Å². The molecule has 0 radical (unpaired) electrons. The van der Waals surface area contributed by atoms with Gasteiger partial charge in [0.2, 0.25) is 0 Å². The number of carbonyl (C=O) groups is 1. The van der Waals surface area contributed by atoms with Crippen LogP contribution in [0.25, 0.3) is 6.08 Å². The predicted molar refractivity (Wildman–Crippen MR) is 104 cm³/mol. The highest BCUT2D eigenvalue weighted by Crippen LogP contribution is 2.36. The number of ether oxygens (including phenoxy) is 3. The van der Waals surface area contributed by atoms with Gasteiger partial charge in [-0.05, 0) is 40.7 Å². The Morgan fingerprint density at radius 3 is 2.19 bits per heavy atom. The molecular formula is C21H30O5. The van der Waals surface area contributed by atoms with Crippen LogP contribution in [-0.4, -0.2) is 38.2 Å². The second kappa shape index (κ2) is 11.5. The maximum absolute atomic E-state index is 10.6. The maximum atomic E-state index is 10.6. The summed E-state index contributed by atoms with van der Waals surface area (Å²) < 4.78 is 16.4. The second-order valence-corrected chi connectivity index (χ2v) is 6.56.